The molecule has 1 aliphatic rings. The summed E-state index contributed by atoms with van der Waals surface area (Å²) in [6.45, 7) is 3.68. The molecule has 7 heteroatoms. The molecule has 2 N–H and O–H groups in total. The second-order valence-corrected chi connectivity index (χ2v) is 7.74. The molecule has 33 heavy (non-hydrogen) atoms. The molecule has 1 atom stereocenters. The normalized spacial score (nSPS) is 14.5. The average molecular weight is 441 g/mol. The molecule has 1 heterocycles. The van der Waals surface area contributed by atoms with E-state index in [-0.39, 0.29) is 17.6 Å². The smallest absolute Gasteiger partial charge is 0.255 e. The molecule has 1 unspecified atom stereocenters. The van der Waals surface area contributed by atoms with Gasteiger partial charge < -0.3 is 15.5 Å². The molecule has 0 saturated carbocycles. The molecule has 0 saturated heterocycles. The van der Waals surface area contributed by atoms with E-state index in [0.29, 0.717) is 40.3 Å². The predicted octanol–water partition coefficient (Wildman–Crippen LogP) is 4.23. The number of fused-ring (bicyclic) bond motifs is 1. The highest BCUT2D eigenvalue weighted by Crippen LogP contribution is 2.38. The number of hydrogen-bond donors (Lipinski definition) is 2. The Kier molecular flexibility index (Phi) is 6.04. The Hall–Kier alpha value is -4.26. The lowest BCUT2D eigenvalue weighted by Crippen LogP contribution is -2.33. The molecule has 0 aromatic heterocycles. The van der Waals surface area contributed by atoms with Crippen LogP contribution in [0.1, 0.15) is 46.0 Å². The van der Waals surface area contributed by atoms with Crippen LogP contribution in [-0.2, 0) is 9.59 Å². The molecule has 3 aromatic carbocycles. The van der Waals surface area contributed by atoms with Crippen molar-refractivity contribution in [1.82, 2.24) is 0 Å². The Balaban J connectivity index is 1.57. The van der Waals surface area contributed by atoms with Gasteiger partial charge in [0.15, 0.2) is 5.78 Å². The maximum absolute atomic E-state index is 13.2. The predicted molar refractivity (Wildman–Crippen MR) is 127 cm³/mol. The van der Waals surface area contributed by atoms with Crippen molar-refractivity contribution in [2.45, 2.75) is 19.8 Å². The third-order valence-electron chi connectivity index (χ3n) is 5.55. The molecule has 166 valence electrons. The molecule has 0 fully saturated rings. The molecular weight excluding hydrogens is 418 g/mol. The maximum Gasteiger partial charge on any atom is 0.255 e. The standard InChI is InChI=1S/C26H23N3O4/c1-3-29-22-13-12-17(16(2)30)15-21(22)23(26(29)33)25(32)28-20-11-7-8-18(14-20)24(31)27-19-9-5-4-6-10-19/h4-15,23H,3H2,1-2H3,(H,27,31)(H,28,32). The fourth-order valence-electron chi connectivity index (χ4n) is 3.92. The van der Waals surface area contributed by atoms with E-state index in [1.54, 1.807) is 54.6 Å². The number of Topliss-reactive ketones (excluding diaryl/α,β-unsaturated/α-hetero) is 1. The summed E-state index contributed by atoms with van der Waals surface area (Å²) in [7, 11) is 0. The quantitative estimate of drug-likeness (QED) is 0.442. The van der Waals surface area contributed by atoms with E-state index >= 15 is 0 Å². The van der Waals surface area contributed by atoms with Gasteiger partial charge >= 0.3 is 0 Å². The van der Waals surface area contributed by atoms with Crippen molar-refractivity contribution in [2.24, 2.45) is 0 Å². The van der Waals surface area contributed by atoms with E-state index in [1.807, 2.05) is 25.1 Å². The number of hydrogen-bond acceptors (Lipinski definition) is 4. The lowest BCUT2D eigenvalue weighted by molar-refractivity contribution is -0.126. The molecule has 0 aliphatic carbocycles. The van der Waals surface area contributed by atoms with Gasteiger partial charge in [-0.25, -0.2) is 0 Å². The SMILES string of the molecule is CCN1C(=O)C(C(=O)Nc2cccc(C(=O)Nc3ccccc3)c2)c2cc(C(C)=O)ccc21. The molecule has 0 spiro atoms. The first-order chi connectivity index (χ1) is 15.9. The van der Waals surface area contributed by atoms with Gasteiger partial charge in [0.05, 0.1) is 0 Å². The number of amides is 3. The van der Waals surface area contributed by atoms with Crippen LogP contribution in [0.15, 0.2) is 72.8 Å². The van der Waals surface area contributed by atoms with Crippen LogP contribution in [0.2, 0.25) is 0 Å². The minimum absolute atomic E-state index is 0.142. The highest BCUT2D eigenvalue weighted by atomic mass is 16.2. The molecule has 1 aliphatic heterocycles. The minimum Gasteiger partial charge on any atom is -0.325 e. The number of nitrogens with zero attached hydrogens (tertiary/aromatic N) is 1. The third kappa shape index (κ3) is 4.39. The van der Waals surface area contributed by atoms with Crippen molar-refractivity contribution in [1.29, 1.82) is 0 Å². The molecule has 3 aromatic rings. The van der Waals surface area contributed by atoms with Crippen molar-refractivity contribution in [3.05, 3.63) is 89.5 Å². The van der Waals surface area contributed by atoms with Crippen LogP contribution in [-0.4, -0.2) is 30.0 Å². The molecule has 4 rings (SSSR count). The summed E-state index contributed by atoms with van der Waals surface area (Å²) in [5.41, 5.74) is 2.99. The van der Waals surface area contributed by atoms with E-state index in [9.17, 15) is 19.2 Å². The van der Waals surface area contributed by atoms with Crippen molar-refractivity contribution in [3.63, 3.8) is 0 Å². The lowest BCUT2D eigenvalue weighted by atomic mass is 9.96. The Morgan fingerprint density at radius 1 is 0.848 bits per heavy atom. The number of benzene rings is 3. The zero-order chi connectivity index (χ0) is 23.5. The Labute approximate surface area is 191 Å². The topological polar surface area (TPSA) is 95.6 Å². The zero-order valence-electron chi connectivity index (χ0n) is 18.3. The Morgan fingerprint density at radius 2 is 1.58 bits per heavy atom. The number of anilines is 3. The fraction of sp³-hybridized carbons (Fsp3) is 0.154. The Morgan fingerprint density at radius 3 is 2.27 bits per heavy atom. The van der Waals surface area contributed by atoms with Gasteiger partial charge in [0.25, 0.3) is 5.91 Å². The van der Waals surface area contributed by atoms with Gasteiger partial charge in [-0.05, 0) is 67.9 Å². The van der Waals surface area contributed by atoms with Gasteiger partial charge in [-0.3, -0.25) is 19.2 Å². The van der Waals surface area contributed by atoms with Gasteiger partial charge in [-0.15, -0.1) is 0 Å². The third-order valence-corrected chi connectivity index (χ3v) is 5.55. The van der Waals surface area contributed by atoms with Crippen molar-refractivity contribution in [2.75, 3.05) is 22.1 Å². The van der Waals surface area contributed by atoms with E-state index in [1.165, 1.54) is 11.8 Å². The lowest BCUT2D eigenvalue weighted by Gasteiger charge is -2.15. The van der Waals surface area contributed by atoms with Crippen LogP contribution < -0.4 is 15.5 Å². The summed E-state index contributed by atoms with van der Waals surface area (Å²) < 4.78 is 0. The van der Waals surface area contributed by atoms with Crippen LogP contribution in [0.5, 0.6) is 0 Å². The van der Waals surface area contributed by atoms with E-state index in [0.717, 1.165) is 0 Å². The number of nitrogens with one attached hydrogen (secondary N) is 2. The van der Waals surface area contributed by atoms with E-state index < -0.39 is 11.8 Å². The Bertz CT molecular complexity index is 1250. The minimum atomic E-state index is -1.07. The number of ketones is 1. The number of carbonyl (C=O) groups is 4. The summed E-state index contributed by atoms with van der Waals surface area (Å²) in [5.74, 6) is -2.39. The van der Waals surface area contributed by atoms with E-state index in [4.69, 9.17) is 0 Å². The molecular formula is C26H23N3O4. The first kappa shape index (κ1) is 22.0. The molecule has 0 bridgehead atoms. The van der Waals surface area contributed by atoms with Crippen LogP contribution in [0.25, 0.3) is 0 Å². The highest BCUT2D eigenvalue weighted by molar-refractivity contribution is 6.21. The molecule has 0 radical (unpaired) electrons. The van der Waals surface area contributed by atoms with Crippen LogP contribution in [0.4, 0.5) is 17.1 Å². The maximum atomic E-state index is 13.2. The van der Waals surface area contributed by atoms with Crippen LogP contribution >= 0.6 is 0 Å². The summed E-state index contributed by atoms with van der Waals surface area (Å²) in [5, 5.41) is 5.56. The van der Waals surface area contributed by atoms with E-state index in [2.05, 4.69) is 10.6 Å². The van der Waals surface area contributed by atoms with Crippen LogP contribution in [0, 0.1) is 0 Å². The summed E-state index contributed by atoms with van der Waals surface area (Å²) in [6.07, 6.45) is 0. The number of carbonyl (C=O) groups excluding carboxylic acids is 4. The zero-order valence-corrected chi connectivity index (χ0v) is 18.3. The van der Waals surface area contributed by atoms with Gasteiger partial charge in [0.1, 0.15) is 5.92 Å². The van der Waals surface area contributed by atoms with Gasteiger partial charge in [0.2, 0.25) is 11.8 Å². The summed E-state index contributed by atoms with van der Waals surface area (Å²) in [4.78, 5) is 52.1. The second kappa shape index (κ2) is 9.08. The van der Waals surface area contributed by atoms with Gasteiger partial charge in [0, 0.05) is 34.7 Å². The summed E-state index contributed by atoms with van der Waals surface area (Å²) in [6, 6.07) is 20.5. The first-order valence-electron chi connectivity index (χ1n) is 10.6. The largest absolute Gasteiger partial charge is 0.325 e. The fourth-order valence-corrected chi connectivity index (χ4v) is 3.92. The first-order valence-corrected chi connectivity index (χ1v) is 10.6. The summed E-state index contributed by atoms with van der Waals surface area (Å²) >= 11 is 0. The number of para-hydroxylation sites is 1. The van der Waals surface area contributed by atoms with Crippen molar-refractivity contribution >= 4 is 40.6 Å². The highest BCUT2D eigenvalue weighted by Gasteiger charge is 2.41. The molecule has 7 nitrogen and oxygen atoms in total. The number of rotatable bonds is 6. The van der Waals surface area contributed by atoms with Crippen molar-refractivity contribution in [3.8, 4) is 0 Å². The van der Waals surface area contributed by atoms with Crippen molar-refractivity contribution < 1.29 is 19.2 Å². The molecule has 3 amide bonds. The van der Waals surface area contributed by atoms with Gasteiger partial charge in [-0.1, -0.05) is 24.3 Å². The van der Waals surface area contributed by atoms with Gasteiger partial charge in [-0.2, -0.15) is 0 Å². The second-order valence-electron chi connectivity index (χ2n) is 7.74. The number of likely N-dealkylation sites (N-methyl/N-ethyl adjacent to an activating group) is 1. The van der Waals surface area contributed by atoms with Crippen LogP contribution in [0.3, 0.4) is 0 Å². The average Bonchev–Trinajstić information content (AvgIpc) is 3.10. The monoisotopic (exact) mass is 441 g/mol.